The summed E-state index contributed by atoms with van der Waals surface area (Å²) in [5.74, 6) is 0.393. The fraction of sp³-hybridized carbons (Fsp3) is 0.615. The van der Waals surface area contributed by atoms with Crippen molar-refractivity contribution in [3.05, 3.63) is 10.9 Å². The molecule has 18 heavy (non-hydrogen) atoms. The topological polar surface area (TPSA) is 55.6 Å². The van der Waals surface area contributed by atoms with Gasteiger partial charge in [-0.05, 0) is 31.7 Å². The van der Waals surface area contributed by atoms with Crippen molar-refractivity contribution in [3.63, 3.8) is 0 Å². The molecule has 2 rings (SSSR count). The third-order valence-electron chi connectivity index (χ3n) is 3.18. The van der Waals surface area contributed by atoms with Crippen molar-refractivity contribution in [1.29, 1.82) is 0 Å². The van der Waals surface area contributed by atoms with Gasteiger partial charge in [0.25, 0.3) is 0 Å². The highest BCUT2D eigenvalue weighted by Gasteiger charge is 2.22. The Morgan fingerprint density at radius 1 is 1.67 bits per heavy atom. The fourth-order valence-corrected chi connectivity index (χ4v) is 3.30. The number of carbonyl (C=O) groups excluding carboxylic acids is 1. The van der Waals surface area contributed by atoms with Crippen LogP contribution in [0.15, 0.2) is 6.07 Å². The maximum absolute atomic E-state index is 11.7. The van der Waals surface area contributed by atoms with Crippen LogP contribution in [0.1, 0.15) is 36.4 Å². The highest BCUT2D eigenvalue weighted by atomic mass is 32.1. The van der Waals surface area contributed by atoms with Crippen molar-refractivity contribution in [2.24, 2.45) is 5.92 Å². The first kappa shape index (κ1) is 13.2. The standard InChI is InChI=1S/C13H20N2O2S/c1-3-17-13(16)12-10(14)7-11(18-12)15-6-4-5-9(2)8-15/h7,9H,3-6,8,14H2,1-2H3. The first-order valence-corrected chi connectivity index (χ1v) is 7.24. The third-order valence-corrected chi connectivity index (χ3v) is 4.37. The molecule has 0 radical (unpaired) electrons. The van der Waals surface area contributed by atoms with Gasteiger partial charge in [0.15, 0.2) is 0 Å². The van der Waals surface area contributed by atoms with Crippen molar-refractivity contribution in [3.8, 4) is 0 Å². The first-order chi connectivity index (χ1) is 8.61. The summed E-state index contributed by atoms with van der Waals surface area (Å²) in [5.41, 5.74) is 6.43. The van der Waals surface area contributed by atoms with Crippen LogP contribution in [0, 0.1) is 5.92 Å². The molecule has 1 atom stereocenters. The smallest absolute Gasteiger partial charge is 0.350 e. The van der Waals surface area contributed by atoms with E-state index in [1.165, 1.54) is 24.2 Å². The van der Waals surface area contributed by atoms with Crippen LogP contribution in [0.4, 0.5) is 10.7 Å². The molecular weight excluding hydrogens is 248 g/mol. The molecule has 1 fully saturated rings. The Bertz CT molecular complexity index is 431. The van der Waals surface area contributed by atoms with Crippen molar-refractivity contribution >= 4 is 28.0 Å². The SMILES string of the molecule is CCOC(=O)c1sc(N2CCCC(C)C2)cc1N. The zero-order valence-corrected chi connectivity index (χ0v) is 11.8. The summed E-state index contributed by atoms with van der Waals surface area (Å²) in [4.78, 5) is 14.6. The van der Waals surface area contributed by atoms with E-state index in [2.05, 4.69) is 11.8 Å². The van der Waals surface area contributed by atoms with Crippen LogP contribution in [-0.4, -0.2) is 25.7 Å². The van der Waals surface area contributed by atoms with Gasteiger partial charge in [0.05, 0.1) is 17.3 Å². The molecule has 0 aromatic carbocycles. The molecule has 0 amide bonds. The van der Waals surface area contributed by atoms with Gasteiger partial charge in [0.2, 0.25) is 0 Å². The van der Waals surface area contributed by atoms with E-state index in [1.807, 2.05) is 6.07 Å². The van der Waals surface area contributed by atoms with Gasteiger partial charge in [0, 0.05) is 13.1 Å². The zero-order chi connectivity index (χ0) is 13.1. The van der Waals surface area contributed by atoms with Crippen LogP contribution >= 0.6 is 11.3 Å². The largest absolute Gasteiger partial charge is 0.462 e. The number of carbonyl (C=O) groups is 1. The Hall–Kier alpha value is -1.23. The van der Waals surface area contributed by atoms with Gasteiger partial charge in [-0.25, -0.2) is 4.79 Å². The number of nitrogen functional groups attached to an aromatic ring is 1. The van der Waals surface area contributed by atoms with E-state index in [4.69, 9.17) is 10.5 Å². The number of piperidine rings is 1. The summed E-state index contributed by atoms with van der Waals surface area (Å²) < 4.78 is 5.00. The van der Waals surface area contributed by atoms with Gasteiger partial charge >= 0.3 is 5.97 Å². The summed E-state index contributed by atoms with van der Waals surface area (Å²) in [7, 11) is 0. The lowest BCUT2D eigenvalue weighted by Crippen LogP contribution is -2.33. The van der Waals surface area contributed by atoms with E-state index < -0.39 is 0 Å². The van der Waals surface area contributed by atoms with E-state index in [1.54, 1.807) is 6.92 Å². The van der Waals surface area contributed by atoms with Crippen LogP contribution < -0.4 is 10.6 Å². The number of anilines is 2. The highest BCUT2D eigenvalue weighted by Crippen LogP contribution is 2.34. The molecular formula is C13H20N2O2S. The van der Waals surface area contributed by atoms with E-state index in [9.17, 15) is 4.79 Å². The lowest BCUT2D eigenvalue weighted by atomic mass is 10.0. The molecule has 0 saturated carbocycles. The lowest BCUT2D eigenvalue weighted by Gasteiger charge is -2.31. The quantitative estimate of drug-likeness (QED) is 0.856. The van der Waals surface area contributed by atoms with Crippen LogP contribution in [0.5, 0.6) is 0 Å². The van der Waals surface area contributed by atoms with E-state index >= 15 is 0 Å². The van der Waals surface area contributed by atoms with Gasteiger partial charge in [-0.15, -0.1) is 11.3 Å². The lowest BCUT2D eigenvalue weighted by molar-refractivity contribution is 0.0533. The molecule has 5 heteroatoms. The Kier molecular flexibility index (Phi) is 4.11. The maximum Gasteiger partial charge on any atom is 0.350 e. The molecule has 2 heterocycles. The average molecular weight is 268 g/mol. The number of rotatable bonds is 3. The van der Waals surface area contributed by atoms with E-state index in [0.29, 0.717) is 23.1 Å². The Morgan fingerprint density at radius 3 is 3.11 bits per heavy atom. The van der Waals surface area contributed by atoms with E-state index in [0.717, 1.165) is 18.1 Å². The molecule has 1 aliphatic rings. The molecule has 0 spiro atoms. The van der Waals surface area contributed by atoms with Crippen molar-refractivity contribution < 1.29 is 9.53 Å². The minimum atomic E-state index is -0.309. The van der Waals surface area contributed by atoms with Gasteiger partial charge in [-0.2, -0.15) is 0 Å². The molecule has 1 aromatic heterocycles. The van der Waals surface area contributed by atoms with Crippen molar-refractivity contribution in [1.82, 2.24) is 0 Å². The highest BCUT2D eigenvalue weighted by molar-refractivity contribution is 7.18. The summed E-state index contributed by atoms with van der Waals surface area (Å²) in [6, 6.07) is 1.90. The molecule has 4 nitrogen and oxygen atoms in total. The van der Waals surface area contributed by atoms with Crippen molar-refractivity contribution in [2.45, 2.75) is 26.7 Å². The zero-order valence-electron chi connectivity index (χ0n) is 10.9. The van der Waals surface area contributed by atoms with Crippen LogP contribution in [-0.2, 0) is 4.74 Å². The summed E-state index contributed by atoms with van der Waals surface area (Å²) >= 11 is 1.44. The second kappa shape index (κ2) is 5.61. The summed E-state index contributed by atoms with van der Waals surface area (Å²) in [6.45, 7) is 6.53. The Labute approximate surface area is 112 Å². The first-order valence-electron chi connectivity index (χ1n) is 6.43. The number of nitrogens with two attached hydrogens (primary N) is 1. The second-order valence-corrected chi connectivity index (χ2v) is 5.81. The minimum absolute atomic E-state index is 0.309. The average Bonchev–Trinajstić information content (AvgIpc) is 2.72. The predicted molar refractivity (Wildman–Crippen MR) is 75.3 cm³/mol. The van der Waals surface area contributed by atoms with Gasteiger partial charge in [-0.3, -0.25) is 0 Å². The third kappa shape index (κ3) is 2.77. The Balaban J connectivity index is 2.15. The number of ether oxygens (including phenoxy) is 1. The van der Waals surface area contributed by atoms with Crippen LogP contribution in [0.3, 0.4) is 0 Å². The Morgan fingerprint density at radius 2 is 2.44 bits per heavy atom. The van der Waals surface area contributed by atoms with Crippen LogP contribution in [0.2, 0.25) is 0 Å². The minimum Gasteiger partial charge on any atom is -0.462 e. The normalized spacial score (nSPS) is 19.9. The molecule has 2 N–H and O–H groups in total. The number of thiophene rings is 1. The molecule has 1 aliphatic heterocycles. The number of hydrogen-bond donors (Lipinski definition) is 1. The molecule has 1 unspecified atom stereocenters. The predicted octanol–water partition coefficient (Wildman–Crippen LogP) is 2.74. The molecule has 1 aromatic rings. The maximum atomic E-state index is 11.7. The second-order valence-electron chi connectivity index (χ2n) is 4.78. The molecule has 1 saturated heterocycles. The van der Waals surface area contributed by atoms with Crippen molar-refractivity contribution in [2.75, 3.05) is 30.3 Å². The molecule has 100 valence electrons. The number of hydrogen-bond acceptors (Lipinski definition) is 5. The fourth-order valence-electron chi connectivity index (χ4n) is 2.29. The van der Waals surface area contributed by atoms with Gasteiger partial charge in [-0.1, -0.05) is 6.92 Å². The molecule has 0 aliphatic carbocycles. The van der Waals surface area contributed by atoms with Crippen LogP contribution in [0.25, 0.3) is 0 Å². The summed E-state index contributed by atoms with van der Waals surface area (Å²) in [6.07, 6.45) is 2.48. The van der Waals surface area contributed by atoms with Gasteiger partial charge < -0.3 is 15.4 Å². The number of nitrogens with zero attached hydrogens (tertiary/aromatic N) is 1. The monoisotopic (exact) mass is 268 g/mol. The van der Waals surface area contributed by atoms with Gasteiger partial charge in [0.1, 0.15) is 4.88 Å². The number of esters is 1. The van der Waals surface area contributed by atoms with E-state index in [-0.39, 0.29) is 5.97 Å². The summed E-state index contributed by atoms with van der Waals surface area (Å²) in [5, 5.41) is 1.09. The molecule has 0 bridgehead atoms.